The van der Waals surface area contributed by atoms with Crippen LogP contribution in [0.25, 0.3) is 0 Å². The van der Waals surface area contributed by atoms with Crippen LogP contribution in [0, 0.1) is 0 Å². The topological polar surface area (TPSA) is 54.4 Å². The zero-order valence-corrected chi connectivity index (χ0v) is 7.50. The molecule has 0 heterocycles. The Labute approximate surface area is 76.0 Å². The van der Waals surface area contributed by atoms with Crippen LogP contribution in [0.1, 0.15) is 34.6 Å². The second-order valence-electron chi connectivity index (χ2n) is 2.84. The predicted molar refractivity (Wildman–Crippen MR) is 48.1 cm³/mol. The molecule has 68 valence electrons. The highest BCUT2D eigenvalue weighted by molar-refractivity contribution is 5.99. The number of aromatic hydroxyl groups is 1. The van der Waals surface area contributed by atoms with E-state index in [1.807, 2.05) is 0 Å². The van der Waals surface area contributed by atoms with Gasteiger partial charge in [0.2, 0.25) is 0 Å². The standard InChI is InChI=1S/C10H10O3/c1-6(11)8-3-4-9(7(2)12)10(13)5-8/h3-5,13H,1-2H3. The molecule has 13 heavy (non-hydrogen) atoms. The summed E-state index contributed by atoms with van der Waals surface area (Å²) < 4.78 is 0. The van der Waals surface area contributed by atoms with E-state index in [-0.39, 0.29) is 22.9 Å². The van der Waals surface area contributed by atoms with Gasteiger partial charge in [-0.3, -0.25) is 9.59 Å². The van der Waals surface area contributed by atoms with E-state index < -0.39 is 0 Å². The monoisotopic (exact) mass is 178 g/mol. The van der Waals surface area contributed by atoms with Crippen LogP contribution in [0.5, 0.6) is 5.75 Å². The Hall–Kier alpha value is -1.64. The fourth-order valence-electron chi connectivity index (χ4n) is 1.05. The Kier molecular flexibility index (Phi) is 2.46. The summed E-state index contributed by atoms with van der Waals surface area (Å²) in [4.78, 5) is 21.8. The van der Waals surface area contributed by atoms with Gasteiger partial charge in [0.25, 0.3) is 0 Å². The van der Waals surface area contributed by atoms with Gasteiger partial charge in [-0.1, -0.05) is 6.07 Å². The average molecular weight is 178 g/mol. The fraction of sp³-hybridized carbons (Fsp3) is 0.200. The molecule has 0 radical (unpaired) electrons. The Morgan fingerprint density at radius 1 is 1.15 bits per heavy atom. The Bertz CT molecular complexity index is 366. The van der Waals surface area contributed by atoms with E-state index in [0.717, 1.165) is 0 Å². The second-order valence-corrected chi connectivity index (χ2v) is 2.84. The lowest BCUT2D eigenvalue weighted by molar-refractivity contribution is 0.0999. The van der Waals surface area contributed by atoms with Crippen molar-refractivity contribution < 1.29 is 14.7 Å². The third kappa shape index (κ3) is 1.93. The van der Waals surface area contributed by atoms with Gasteiger partial charge in [0.1, 0.15) is 5.75 Å². The maximum absolute atomic E-state index is 10.9. The van der Waals surface area contributed by atoms with Gasteiger partial charge in [0.05, 0.1) is 5.56 Å². The maximum Gasteiger partial charge on any atom is 0.163 e. The summed E-state index contributed by atoms with van der Waals surface area (Å²) in [7, 11) is 0. The van der Waals surface area contributed by atoms with Crippen molar-refractivity contribution in [2.45, 2.75) is 13.8 Å². The number of carbonyl (C=O) groups excluding carboxylic acids is 2. The third-order valence-electron chi connectivity index (χ3n) is 1.78. The van der Waals surface area contributed by atoms with Gasteiger partial charge >= 0.3 is 0 Å². The van der Waals surface area contributed by atoms with Crippen LogP contribution in [0.4, 0.5) is 0 Å². The molecule has 0 aliphatic rings. The van der Waals surface area contributed by atoms with Crippen LogP contribution < -0.4 is 0 Å². The Morgan fingerprint density at radius 3 is 2.15 bits per heavy atom. The Morgan fingerprint density at radius 2 is 1.77 bits per heavy atom. The Balaban J connectivity index is 3.20. The molecule has 0 aliphatic heterocycles. The summed E-state index contributed by atoms with van der Waals surface area (Å²) in [6.45, 7) is 2.77. The molecule has 1 aromatic carbocycles. The molecular formula is C10H10O3. The smallest absolute Gasteiger partial charge is 0.163 e. The molecule has 0 atom stereocenters. The van der Waals surface area contributed by atoms with E-state index in [9.17, 15) is 14.7 Å². The van der Waals surface area contributed by atoms with Gasteiger partial charge in [0, 0.05) is 5.56 Å². The van der Waals surface area contributed by atoms with Gasteiger partial charge in [-0.15, -0.1) is 0 Å². The third-order valence-corrected chi connectivity index (χ3v) is 1.78. The number of ketones is 2. The minimum Gasteiger partial charge on any atom is -0.507 e. The first-order chi connectivity index (χ1) is 6.02. The molecule has 0 fully saturated rings. The first-order valence-corrected chi connectivity index (χ1v) is 3.87. The van der Waals surface area contributed by atoms with Crippen molar-refractivity contribution in [3.05, 3.63) is 29.3 Å². The molecule has 0 saturated heterocycles. The minimum absolute atomic E-state index is 0.134. The van der Waals surface area contributed by atoms with Crippen molar-refractivity contribution in [3.8, 4) is 5.75 Å². The van der Waals surface area contributed by atoms with Crippen LogP contribution in [0.2, 0.25) is 0 Å². The number of hydrogen-bond donors (Lipinski definition) is 1. The van der Waals surface area contributed by atoms with Crippen LogP contribution in [-0.2, 0) is 0 Å². The zero-order chi connectivity index (χ0) is 10.0. The minimum atomic E-state index is -0.215. The van der Waals surface area contributed by atoms with Crippen molar-refractivity contribution in [2.24, 2.45) is 0 Å². The highest BCUT2D eigenvalue weighted by Crippen LogP contribution is 2.19. The highest BCUT2D eigenvalue weighted by Gasteiger charge is 2.08. The molecule has 0 aliphatic carbocycles. The number of Topliss-reactive ketones (excluding diaryl/α,β-unsaturated/α-hetero) is 2. The molecule has 0 unspecified atom stereocenters. The normalized spacial score (nSPS) is 9.69. The summed E-state index contributed by atoms with van der Waals surface area (Å²) in [6.07, 6.45) is 0. The molecule has 1 rings (SSSR count). The molecule has 0 saturated carbocycles. The lowest BCUT2D eigenvalue weighted by atomic mass is 10.1. The number of carbonyl (C=O) groups is 2. The summed E-state index contributed by atoms with van der Waals surface area (Å²) in [5, 5.41) is 9.34. The number of phenolic OH excluding ortho intramolecular Hbond substituents is 1. The molecule has 0 amide bonds. The second kappa shape index (κ2) is 3.39. The van der Waals surface area contributed by atoms with E-state index in [0.29, 0.717) is 5.56 Å². The van der Waals surface area contributed by atoms with E-state index in [2.05, 4.69) is 0 Å². The summed E-state index contributed by atoms with van der Waals surface area (Å²) in [5.41, 5.74) is 0.646. The number of hydrogen-bond acceptors (Lipinski definition) is 3. The van der Waals surface area contributed by atoms with E-state index in [1.54, 1.807) is 0 Å². The fourth-order valence-corrected chi connectivity index (χ4v) is 1.05. The predicted octanol–water partition coefficient (Wildman–Crippen LogP) is 1.80. The summed E-state index contributed by atoms with van der Waals surface area (Å²) in [5.74, 6) is -0.488. The van der Waals surface area contributed by atoms with Crippen LogP contribution in [-0.4, -0.2) is 16.7 Å². The van der Waals surface area contributed by atoms with Gasteiger partial charge in [0.15, 0.2) is 11.6 Å². The van der Waals surface area contributed by atoms with Gasteiger partial charge < -0.3 is 5.11 Å². The molecule has 0 bridgehead atoms. The summed E-state index contributed by atoms with van der Waals surface area (Å²) >= 11 is 0. The molecule has 0 spiro atoms. The van der Waals surface area contributed by atoms with E-state index in [4.69, 9.17) is 0 Å². The van der Waals surface area contributed by atoms with Crippen LogP contribution in [0.3, 0.4) is 0 Å². The van der Waals surface area contributed by atoms with Crippen molar-refractivity contribution in [1.29, 1.82) is 0 Å². The first kappa shape index (κ1) is 9.45. The van der Waals surface area contributed by atoms with E-state index >= 15 is 0 Å². The van der Waals surface area contributed by atoms with Crippen LogP contribution in [0.15, 0.2) is 18.2 Å². The quantitative estimate of drug-likeness (QED) is 0.702. The van der Waals surface area contributed by atoms with Crippen molar-refractivity contribution in [1.82, 2.24) is 0 Å². The average Bonchev–Trinajstić information content (AvgIpc) is 2.03. The molecule has 3 nitrogen and oxygen atoms in total. The number of benzene rings is 1. The molecule has 0 aromatic heterocycles. The van der Waals surface area contributed by atoms with E-state index in [1.165, 1.54) is 32.0 Å². The van der Waals surface area contributed by atoms with Gasteiger partial charge in [-0.05, 0) is 26.0 Å². The largest absolute Gasteiger partial charge is 0.507 e. The lowest BCUT2D eigenvalue weighted by Crippen LogP contribution is -1.96. The van der Waals surface area contributed by atoms with Gasteiger partial charge in [-0.2, -0.15) is 0 Å². The molecule has 3 heteroatoms. The lowest BCUT2D eigenvalue weighted by Gasteiger charge is -2.01. The number of phenols is 1. The summed E-state index contributed by atoms with van der Waals surface area (Å²) in [6, 6.07) is 4.28. The van der Waals surface area contributed by atoms with Gasteiger partial charge in [-0.25, -0.2) is 0 Å². The SMILES string of the molecule is CC(=O)c1ccc(C(C)=O)c(O)c1. The maximum atomic E-state index is 10.9. The molecule has 1 aromatic rings. The van der Waals surface area contributed by atoms with Crippen LogP contribution >= 0.6 is 0 Å². The highest BCUT2D eigenvalue weighted by atomic mass is 16.3. The van der Waals surface area contributed by atoms with Crippen molar-refractivity contribution in [2.75, 3.05) is 0 Å². The zero-order valence-electron chi connectivity index (χ0n) is 7.50. The molecule has 1 N–H and O–H groups in total. The number of rotatable bonds is 2. The first-order valence-electron chi connectivity index (χ1n) is 3.87. The van der Waals surface area contributed by atoms with Crippen molar-refractivity contribution in [3.63, 3.8) is 0 Å². The van der Waals surface area contributed by atoms with Crippen molar-refractivity contribution >= 4 is 11.6 Å². The molecular weight excluding hydrogens is 168 g/mol.